The van der Waals surface area contributed by atoms with Gasteiger partial charge in [0.1, 0.15) is 0 Å². The van der Waals surface area contributed by atoms with Gasteiger partial charge in [0.05, 0.1) is 6.04 Å². The lowest BCUT2D eigenvalue weighted by Gasteiger charge is -2.43. The zero-order valence-electron chi connectivity index (χ0n) is 18.5. The second kappa shape index (κ2) is 8.69. The molecule has 0 amide bonds. The first-order chi connectivity index (χ1) is 16.3. The molecule has 4 aromatic rings. The van der Waals surface area contributed by atoms with Crippen molar-refractivity contribution in [3.8, 4) is 0 Å². The first kappa shape index (κ1) is 20.5. The molecule has 2 unspecified atom stereocenters. The number of Topliss-reactive ketones (excluding diaryl/α,β-unsaturated/α-hetero) is 1. The maximum absolute atomic E-state index is 13.7. The number of H-pyrrole nitrogens is 1. The lowest BCUT2D eigenvalue weighted by atomic mass is 9.89. The van der Waals surface area contributed by atoms with E-state index in [0.29, 0.717) is 0 Å². The van der Waals surface area contributed by atoms with Crippen molar-refractivity contribution >= 4 is 39.4 Å². The number of rotatable bonds is 5. The Morgan fingerprint density at radius 1 is 1.00 bits per heavy atom. The molecule has 0 saturated carbocycles. The summed E-state index contributed by atoms with van der Waals surface area (Å²) >= 11 is 1.60. The molecule has 1 saturated heterocycles. The third-order valence-corrected chi connectivity index (χ3v) is 7.84. The maximum atomic E-state index is 13.7. The minimum atomic E-state index is -0.154. The van der Waals surface area contributed by atoms with Crippen molar-refractivity contribution in [3.63, 3.8) is 0 Å². The lowest BCUT2D eigenvalue weighted by molar-refractivity contribution is 0.0772. The molecule has 2 N–H and O–H groups in total. The average molecular weight is 457 g/mol. The summed E-state index contributed by atoms with van der Waals surface area (Å²) < 4.78 is 0. The number of thiophene rings is 1. The number of aromatic amines is 1. The molecule has 2 aromatic heterocycles. The molecular formula is C27H28N4OS. The summed E-state index contributed by atoms with van der Waals surface area (Å²) in [7, 11) is 0. The Bertz CT molecular complexity index is 1260. The van der Waals surface area contributed by atoms with Crippen LogP contribution in [-0.4, -0.2) is 53.9 Å². The number of carbonyl (C=O) groups is 1. The van der Waals surface area contributed by atoms with Crippen molar-refractivity contribution in [1.82, 2.24) is 9.88 Å². The van der Waals surface area contributed by atoms with Gasteiger partial charge in [0.25, 0.3) is 0 Å². The monoisotopic (exact) mass is 456 g/mol. The first-order valence-corrected chi connectivity index (χ1v) is 12.7. The largest absolute Gasteiger partial charge is 0.380 e. The number of anilines is 2. The van der Waals surface area contributed by atoms with Crippen LogP contribution in [-0.2, 0) is 6.42 Å². The minimum absolute atomic E-state index is 0.118. The number of nitrogens with one attached hydrogen (secondary N) is 2. The number of nitrogens with zero attached hydrogens (tertiary/aromatic N) is 2. The molecule has 6 rings (SSSR count). The van der Waals surface area contributed by atoms with E-state index < -0.39 is 0 Å². The predicted octanol–water partition coefficient (Wildman–Crippen LogP) is 5.03. The van der Waals surface area contributed by atoms with Crippen LogP contribution in [0.5, 0.6) is 0 Å². The molecule has 2 aromatic carbocycles. The fraction of sp³-hybridized carbons (Fsp3) is 0.296. The van der Waals surface area contributed by atoms with Crippen molar-refractivity contribution < 1.29 is 4.79 Å². The fourth-order valence-electron chi connectivity index (χ4n) is 5.46. The fourth-order valence-corrected chi connectivity index (χ4v) is 6.11. The summed E-state index contributed by atoms with van der Waals surface area (Å²) in [6.45, 7) is 3.59. The Hall–Kier alpha value is -3.09. The normalized spacial score (nSPS) is 19.8. The number of aromatic nitrogens is 1. The van der Waals surface area contributed by atoms with Crippen molar-refractivity contribution in [3.05, 3.63) is 82.7 Å². The van der Waals surface area contributed by atoms with Crippen molar-refractivity contribution in [2.24, 2.45) is 0 Å². The second-order valence-electron chi connectivity index (χ2n) is 9.01. The van der Waals surface area contributed by atoms with Crippen LogP contribution in [0.15, 0.2) is 71.6 Å². The van der Waals surface area contributed by atoms with Gasteiger partial charge < -0.3 is 15.2 Å². The van der Waals surface area contributed by atoms with E-state index in [1.165, 1.54) is 27.8 Å². The predicted molar refractivity (Wildman–Crippen MR) is 137 cm³/mol. The SMILES string of the molecule is O=C(c1ccsc1)C(C1CCc2ccccc2N1)N1CCN(c2cccc3[nH]ccc23)CC1. The van der Waals surface area contributed by atoms with Gasteiger partial charge in [0, 0.05) is 71.6 Å². The highest BCUT2D eigenvalue weighted by Crippen LogP contribution is 2.31. The Kier molecular flexibility index (Phi) is 5.40. The van der Waals surface area contributed by atoms with Crippen molar-refractivity contribution in [1.29, 1.82) is 0 Å². The number of aryl methyl sites for hydroxylation is 1. The Balaban J connectivity index is 1.25. The van der Waals surface area contributed by atoms with Crippen LogP contribution in [0.3, 0.4) is 0 Å². The van der Waals surface area contributed by atoms with E-state index in [4.69, 9.17) is 0 Å². The van der Waals surface area contributed by atoms with E-state index in [1.54, 1.807) is 11.3 Å². The number of ketones is 1. The third kappa shape index (κ3) is 3.83. The quantitative estimate of drug-likeness (QED) is 0.414. The van der Waals surface area contributed by atoms with Gasteiger partial charge in [0.2, 0.25) is 0 Å². The van der Waals surface area contributed by atoms with Gasteiger partial charge in [-0.1, -0.05) is 24.3 Å². The number of para-hydroxylation sites is 1. The van der Waals surface area contributed by atoms with Gasteiger partial charge in [-0.25, -0.2) is 0 Å². The van der Waals surface area contributed by atoms with E-state index >= 15 is 0 Å². The maximum Gasteiger partial charge on any atom is 0.182 e. The molecule has 0 spiro atoms. The number of hydrogen-bond donors (Lipinski definition) is 2. The van der Waals surface area contributed by atoms with Gasteiger partial charge >= 0.3 is 0 Å². The van der Waals surface area contributed by atoms with Crippen molar-refractivity contribution in [2.45, 2.75) is 24.9 Å². The number of benzene rings is 2. The molecule has 0 aliphatic carbocycles. The lowest BCUT2D eigenvalue weighted by Crippen LogP contribution is -2.58. The summed E-state index contributed by atoms with van der Waals surface area (Å²) in [4.78, 5) is 21.9. The molecule has 2 atom stereocenters. The molecule has 0 bridgehead atoms. The zero-order valence-corrected chi connectivity index (χ0v) is 19.4. The zero-order chi connectivity index (χ0) is 22.2. The second-order valence-corrected chi connectivity index (χ2v) is 9.79. The number of hydrogen-bond acceptors (Lipinski definition) is 5. The van der Waals surface area contributed by atoms with Crippen LogP contribution in [0.1, 0.15) is 22.3 Å². The van der Waals surface area contributed by atoms with Gasteiger partial charge in [-0.3, -0.25) is 9.69 Å². The van der Waals surface area contributed by atoms with E-state index in [0.717, 1.165) is 44.6 Å². The first-order valence-electron chi connectivity index (χ1n) is 11.7. The van der Waals surface area contributed by atoms with E-state index in [2.05, 4.69) is 68.6 Å². The molecule has 6 heteroatoms. The van der Waals surface area contributed by atoms with Gasteiger partial charge in [-0.15, -0.1) is 0 Å². The van der Waals surface area contributed by atoms with Gasteiger partial charge in [-0.2, -0.15) is 11.3 Å². The topological polar surface area (TPSA) is 51.4 Å². The van der Waals surface area contributed by atoms with Crippen LogP contribution in [0.4, 0.5) is 11.4 Å². The molecular weight excluding hydrogens is 428 g/mol. The van der Waals surface area contributed by atoms with E-state index in [9.17, 15) is 4.79 Å². The van der Waals surface area contributed by atoms with Crippen LogP contribution < -0.4 is 10.2 Å². The highest BCUT2D eigenvalue weighted by atomic mass is 32.1. The van der Waals surface area contributed by atoms with Crippen LogP contribution in [0.2, 0.25) is 0 Å². The van der Waals surface area contributed by atoms with Crippen LogP contribution in [0, 0.1) is 0 Å². The summed E-state index contributed by atoms with van der Waals surface area (Å²) in [5.41, 5.74) is 5.81. The van der Waals surface area contributed by atoms with Crippen molar-refractivity contribution in [2.75, 3.05) is 36.4 Å². The molecule has 33 heavy (non-hydrogen) atoms. The average Bonchev–Trinajstić information content (AvgIpc) is 3.57. The Morgan fingerprint density at radius 3 is 2.73 bits per heavy atom. The summed E-state index contributed by atoms with van der Waals surface area (Å²) in [5.74, 6) is 0.245. The number of carbonyl (C=O) groups excluding carboxylic acids is 1. The molecule has 4 heterocycles. The summed E-state index contributed by atoms with van der Waals surface area (Å²) in [6, 6.07) is 19.0. The highest BCUT2D eigenvalue weighted by Gasteiger charge is 2.37. The third-order valence-electron chi connectivity index (χ3n) is 7.16. The standard InChI is InChI=1S/C27H28N4OS/c32-27(20-11-17-33-18-20)26(24-9-8-19-4-1-2-5-22(19)29-24)31-15-13-30(14-16-31)25-7-3-6-23-21(25)10-12-28-23/h1-7,10-12,17-18,24,26,28-29H,8-9,13-16H2. The molecule has 2 aliphatic rings. The van der Waals surface area contributed by atoms with Gasteiger partial charge in [0.15, 0.2) is 5.78 Å². The Morgan fingerprint density at radius 2 is 1.88 bits per heavy atom. The molecule has 5 nitrogen and oxygen atoms in total. The summed E-state index contributed by atoms with van der Waals surface area (Å²) in [5, 5.41) is 8.99. The Labute approximate surface area is 198 Å². The summed E-state index contributed by atoms with van der Waals surface area (Å²) in [6.07, 6.45) is 3.99. The molecule has 0 radical (unpaired) electrons. The molecule has 2 aliphatic heterocycles. The van der Waals surface area contributed by atoms with Crippen LogP contribution >= 0.6 is 11.3 Å². The molecule has 1 fully saturated rings. The number of piperazine rings is 1. The molecule has 168 valence electrons. The van der Waals surface area contributed by atoms with E-state index in [1.807, 2.05) is 23.0 Å². The number of fused-ring (bicyclic) bond motifs is 2. The smallest absolute Gasteiger partial charge is 0.182 e. The minimum Gasteiger partial charge on any atom is -0.380 e. The van der Waals surface area contributed by atoms with Gasteiger partial charge in [-0.05, 0) is 54.1 Å². The highest BCUT2D eigenvalue weighted by molar-refractivity contribution is 7.08. The van der Waals surface area contributed by atoms with E-state index in [-0.39, 0.29) is 17.9 Å². The van der Waals surface area contributed by atoms with Crippen LogP contribution in [0.25, 0.3) is 10.9 Å².